The van der Waals surface area contributed by atoms with Crippen molar-refractivity contribution in [2.75, 3.05) is 26.2 Å². The summed E-state index contributed by atoms with van der Waals surface area (Å²) in [6.07, 6.45) is 0.783. The summed E-state index contributed by atoms with van der Waals surface area (Å²) in [6.45, 7) is 5.56. The quantitative estimate of drug-likeness (QED) is 0.612. The largest absolute Gasteiger partial charge is 0.338 e. The minimum Gasteiger partial charge on any atom is -0.338 e. The summed E-state index contributed by atoms with van der Waals surface area (Å²) in [5.74, 6) is 0.985. The Labute approximate surface area is 173 Å². The van der Waals surface area contributed by atoms with E-state index >= 15 is 0 Å². The molecule has 2 aromatic heterocycles. The summed E-state index contributed by atoms with van der Waals surface area (Å²) in [5.41, 5.74) is 1.04. The van der Waals surface area contributed by atoms with Crippen LogP contribution in [0.3, 0.4) is 0 Å². The van der Waals surface area contributed by atoms with E-state index in [9.17, 15) is 9.59 Å². The summed E-state index contributed by atoms with van der Waals surface area (Å²) >= 11 is 0. The Bertz CT molecular complexity index is 1050. The number of carbonyl (C=O) groups excluding carboxylic acids is 1. The van der Waals surface area contributed by atoms with Gasteiger partial charge in [0.1, 0.15) is 5.69 Å². The Morgan fingerprint density at radius 3 is 2.57 bits per heavy atom. The van der Waals surface area contributed by atoms with Crippen LogP contribution in [0.4, 0.5) is 0 Å². The minimum atomic E-state index is -0.187. The van der Waals surface area contributed by atoms with Crippen LogP contribution in [0.2, 0.25) is 0 Å². The fraction of sp³-hybridized carbons (Fsp3) is 0.381. The van der Waals surface area contributed by atoms with Crippen molar-refractivity contribution in [1.29, 1.82) is 0 Å². The molecule has 0 atom stereocenters. The molecular weight excluding hydrogens is 384 g/mol. The van der Waals surface area contributed by atoms with E-state index in [1.807, 2.05) is 37.3 Å². The van der Waals surface area contributed by atoms with Gasteiger partial charge in [0.15, 0.2) is 0 Å². The molecule has 0 radical (unpaired) electrons. The van der Waals surface area contributed by atoms with Crippen molar-refractivity contribution in [3.8, 4) is 11.4 Å². The second-order valence-corrected chi connectivity index (χ2v) is 7.23. The van der Waals surface area contributed by atoms with Crippen LogP contribution < -0.4 is 5.56 Å². The predicted octanol–water partition coefficient (Wildman–Crippen LogP) is 1.66. The summed E-state index contributed by atoms with van der Waals surface area (Å²) in [7, 11) is 0. The van der Waals surface area contributed by atoms with Gasteiger partial charge in [0, 0.05) is 44.4 Å². The fourth-order valence-corrected chi connectivity index (χ4v) is 3.42. The van der Waals surface area contributed by atoms with Gasteiger partial charge in [-0.2, -0.15) is 10.1 Å². The number of piperazine rings is 1. The van der Waals surface area contributed by atoms with Crippen molar-refractivity contribution in [3.05, 3.63) is 64.4 Å². The van der Waals surface area contributed by atoms with Crippen LogP contribution in [0, 0.1) is 0 Å². The lowest BCUT2D eigenvalue weighted by molar-refractivity contribution is 0.0606. The third kappa shape index (κ3) is 4.46. The Kier molecular flexibility index (Phi) is 5.99. The molecule has 4 rings (SSSR count). The number of benzene rings is 1. The van der Waals surface area contributed by atoms with Crippen molar-refractivity contribution in [1.82, 2.24) is 29.7 Å². The molecular formula is C21H24N6O3. The van der Waals surface area contributed by atoms with Crippen molar-refractivity contribution in [3.63, 3.8) is 0 Å². The number of hydrogen-bond acceptors (Lipinski definition) is 7. The summed E-state index contributed by atoms with van der Waals surface area (Å²) in [5, 5.41) is 8.27. The molecule has 1 amide bonds. The maximum absolute atomic E-state index is 12.8. The van der Waals surface area contributed by atoms with Gasteiger partial charge in [-0.3, -0.25) is 14.5 Å². The van der Waals surface area contributed by atoms with Gasteiger partial charge in [0.2, 0.25) is 11.7 Å². The molecule has 3 heterocycles. The first-order valence-corrected chi connectivity index (χ1v) is 10.1. The molecule has 0 aliphatic carbocycles. The molecule has 30 heavy (non-hydrogen) atoms. The highest BCUT2D eigenvalue weighted by atomic mass is 16.5. The molecule has 0 N–H and O–H groups in total. The van der Waals surface area contributed by atoms with Gasteiger partial charge >= 0.3 is 0 Å². The van der Waals surface area contributed by atoms with Crippen LogP contribution in [0.1, 0.15) is 29.7 Å². The zero-order chi connectivity index (χ0) is 20.9. The van der Waals surface area contributed by atoms with Crippen LogP contribution >= 0.6 is 0 Å². The van der Waals surface area contributed by atoms with Gasteiger partial charge in [-0.1, -0.05) is 42.4 Å². The van der Waals surface area contributed by atoms with Gasteiger partial charge < -0.3 is 9.42 Å². The highest BCUT2D eigenvalue weighted by Gasteiger charge is 2.24. The first kappa shape index (κ1) is 20.0. The molecule has 0 spiro atoms. The lowest BCUT2D eigenvalue weighted by Gasteiger charge is -2.33. The van der Waals surface area contributed by atoms with Crippen molar-refractivity contribution >= 4 is 5.91 Å². The minimum absolute atomic E-state index is 0.149. The molecule has 9 nitrogen and oxygen atoms in total. The average molecular weight is 408 g/mol. The van der Waals surface area contributed by atoms with Crippen LogP contribution in [-0.2, 0) is 13.1 Å². The smallest absolute Gasteiger partial charge is 0.274 e. The number of aryl methyl sites for hydroxylation is 1. The molecule has 1 fully saturated rings. The monoisotopic (exact) mass is 408 g/mol. The van der Waals surface area contributed by atoms with Gasteiger partial charge in [-0.25, -0.2) is 4.68 Å². The first-order chi connectivity index (χ1) is 14.6. The maximum Gasteiger partial charge on any atom is 0.274 e. The molecule has 1 aliphatic rings. The Hall–Kier alpha value is -3.33. The van der Waals surface area contributed by atoms with Crippen LogP contribution in [0.5, 0.6) is 0 Å². The number of hydrogen-bond donors (Lipinski definition) is 0. The summed E-state index contributed by atoms with van der Waals surface area (Å²) < 4.78 is 6.74. The Balaban J connectivity index is 1.34. The van der Waals surface area contributed by atoms with Gasteiger partial charge in [0.25, 0.3) is 11.5 Å². The number of rotatable bonds is 6. The summed E-state index contributed by atoms with van der Waals surface area (Å²) in [4.78, 5) is 33.0. The molecule has 9 heteroatoms. The zero-order valence-corrected chi connectivity index (χ0v) is 16.9. The SMILES string of the molecule is CCCn1nc(C(=O)N2CCN(Cc3nc(-c4ccccc4)no3)CC2)ccc1=O. The third-order valence-electron chi connectivity index (χ3n) is 5.04. The van der Waals surface area contributed by atoms with E-state index in [-0.39, 0.29) is 11.5 Å². The molecule has 1 aliphatic heterocycles. The molecule has 0 bridgehead atoms. The van der Waals surface area contributed by atoms with E-state index in [0.29, 0.717) is 56.7 Å². The number of carbonyl (C=O) groups is 1. The van der Waals surface area contributed by atoms with Crippen molar-refractivity contribution in [2.24, 2.45) is 0 Å². The lowest BCUT2D eigenvalue weighted by atomic mass is 10.2. The maximum atomic E-state index is 12.8. The molecule has 0 unspecified atom stereocenters. The van der Waals surface area contributed by atoms with E-state index in [1.165, 1.54) is 16.8 Å². The normalized spacial score (nSPS) is 14.8. The number of amides is 1. The third-order valence-corrected chi connectivity index (χ3v) is 5.04. The molecule has 0 saturated carbocycles. The van der Waals surface area contributed by atoms with Crippen molar-refractivity contribution in [2.45, 2.75) is 26.4 Å². The van der Waals surface area contributed by atoms with Crippen LogP contribution in [0.15, 0.2) is 51.8 Å². The van der Waals surface area contributed by atoms with Gasteiger partial charge in [-0.15, -0.1) is 0 Å². The second-order valence-electron chi connectivity index (χ2n) is 7.23. The van der Waals surface area contributed by atoms with Crippen LogP contribution in [0.25, 0.3) is 11.4 Å². The Morgan fingerprint density at radius 1 is 1.07 bits per heavy atom. The van der Waals surface area contributed by atoms with Crippen LogP contribution in [-0.4, -0.2) is 61.8 Å². The molecule has 1 saturated heterocycles. The second kappa shape index (κ2) is 9.00. The standard InChI is InChI=1S/C21H24N6O3/c1-2-10-27-19(28)9-8-17(23-27)21(29)26-13-11-25(12-14-26)15-18-22-20(24-30-18)16-6-4-3-5-7-16/h3-9H,2,10-15H2,1H3. The average Bonchev–Trinajstić information content (AvgIpc) is 3.25. The fourth-order valence-electron chi connectivity index (χ4n) is 3.42. The van der Waals surface area contributed by atoms with E-state index in [1.54, 1.807) is 4.90 Å². The number of nitrogens with zero attached hydrogens (tertiary/aromatic N) is 6. The highest BCUT2D eigenvalue weighted by Crippen LogP contribution is 2.16. The first-order valence-electron chi connectivity index (χ1n) is 10.1. The Morgan fingerprint density at radius 2 is 1.83 bits per heavy atom. The molecule has 3 aromatic rings. The molecule has 1 aromatic carbocycles. The topological polar surface area (TPSA) is 97.4 Å². The predicted molar refractivity (Wildman–Crippen MR) is 110 cm³/mol. The van der Waals surface area contributed by atoms with E-state index in [2.05, 4.69) is 20.1 Å². The lowest BCUT2D eigenvalue weighted by Crippen LogP contribution is -2.48. The van der Waals surface area contributed by atoms with Gasteiger partial charge in [-0.05, 0) is 12.5 Å². The number of aromatic nitrogens is 4. The zero-order valence-electron chi connectivity index (χ0n) is 16.9. The summed E-state index contributed by atoms with van der Waals surface area (Å²) in [6, 6.07) is 12.6. The van der Waals surface area contributed by atoms with Crippen molar-refractivity contribution < 1.29 is 9.32 Å². The highest BCUT2D eigenvalue weighted by molar-refractivity contribution is 5.92. The molecule has 156 valence electrons. The van der Waals surface area contributed by atoms with E-state index in [0.717, 1.165) is 12.0 Å². The van der Waals surface area contributed by atoms with E-state index < -0.39 is 0 Å². The van der Waals surface area contributed by atoms with Gasteiger partial charge in [0.05, 0.1) is 6.54 Å². The van der Waals surface area contributed by atoms with E-state index in [4.69, 9.17) is 4.52 Å².